The molecule has 0 aliphatic heterocycles. The lowest BCUT2D eigenvalue weighted by atomic mass is 10.1. The Bertz CT molecular complexity index is 476. The van der Waals surface area contributed by atoms with Crippen LogP contribution in [0.25, 0.3) is 0 Å². The standard InChI is InChI=1S/C13H15I2NO2/c1-7-2-3-9(4-7)16-13(18)10-5-8(14)6-11(15)12(10)17/h5-7,9,17H,2-4H2,1H3,(H,16,18). The van der Waals surface area contributed by atoms with Gasteiger partial charge in [-0.25, -0.2) is 0 Å². The Morgan fingerprint density at radius 1 is 1.39 bits per heavy atom. The average molecular weight is 471 g/mol. The van der Waals surface area contributed by atoms with Crippen molar-refractivity contribution in [2.24, 2.45) is 5.92 Å². The largest absolute Gasteiger partial charge is 0.506 e. The Morgan fingerprint density at radius 3 is 2.72 bits per heavy atom. The molecule has 0 saturated heterocycles. The van der Waals surface area contributed by atoms with Crippen LogP contribution in [0.3, 0.4) is 0 Å². The number of halogens is 2. The summed E-state index contributed by atoms with van der Waals surface area (Å²) in [5.41, 5.74) is 0.380. The molecule has 1 aromatic rings. The van der Waals surface area contributed by atoms with Crippen molar-refractivity contribution in [1.29, 1.82) is 0 Å². The van der Waals surface area contributed by atoms with Gasteiger partial charge in [-0.3, -0.25) is 4.79 Å². The first kappa shape index (κ1) is 14.4. The first-order valence-corrected chi connectivity index (χ1v) is 8.12. The second kappa shape index (κ2) is 5.94. The van der Waals surface area contributed by atoms with Gasteiger partial charge in [0.1, 0.15) is 5.75 Å². The Hall–Kier alpha value is -0.0500. The van der Waals surface area contributed by atoms with Gasteiger partial charge in [-0.15, -0.1) is 0 Å². The predicted octanol–water partition coefficient (Wildman–Crippen LogP) is 3.52. The number of phenols is 1. The highest BCUT2D eigenvalue weighted by atomic mass is 127. The number of nitrogens with one attached hydrogen (secondary N) is 1. The van der Waals surface area contributed by atoms with Crippen LogP contribution in [0.5, 0.6) is 5.75 Å². The number of rotatable bonds is 2. The van der Waals surface area contributed by atoms with Crippen molar-refractivity contribution >= 4 is 51.1 Å². The Balaban J connectivity index is 2.14. The lowest BCUT2D eigenvalue weighted by Gasteiger charge is -2.14. The van der Waals surface area contributed by atoms with Crippen LogP contribution in [0.4, 0.5) is 0 Å². The molecule has 0 radical (unpaired) electrons. The fourth-order valence-electron chi connectivity index (χ4n) is 2.34. The topological polar surface area (TPSA) is 49.3 Å². The molecule has 1 aliphatic rings. The van der Waals surface area contributed by atoms with Gasteiger partial charge in [0.2, 0.25) is 0 Å². The molecule has 2 atom stereocenters. The summed E-state index contributed by atoms with van der Waals surface area (Å²) < 4.78 is 1.67. The summed E-state index contributed by atoms with van der Waals surface area (Å²) in [7, 11) is 0. The summed E-state index contributed by atoms with van der Waals surface area (Å²) >= 11 is 4.20. The highest BCUT2D eigenvalue weighted by Gasteiger charge is 2.24. The lowest BCUT2D eigenvalue weighted by Crippen LogP contribution is -2.33. The Morgan fingerprint density at radius 2 is 2.11 bits per heavy atom. The fourth-order valence-corrected chi connectivity index (χ4v) is 4.19. The van der Waals surface area contributed by atoms with Crippen molar-refractivity contribution in [3.8, 4) is 5.75 Å². The predicted molar refractivity (Wildman–Crippen MR) is 87.8 cm³/mol. The second-order valence-electron chi connectivity index (χ2n) is 4.87. The number of phenolic OH excluding ortho intramolecular Hbond substituents is 1. The molecule has 2 rings (SSSR count). The number of amides is 1. The summed E-state index contributed by atoms with van der Waals surface area (Å²) in [6.45, 7) is 2.21. The monoisotopic (exact) mass is 471 g/mol. The number of benzene rings is 1. The number of carbonyl (C=O) groups excluding carboxylic acids is 1. The molecule has 2 N–H and O–H groups in total. The zero-order valence-corrected chi connectivity index (χ0v) is 14.4. The quantitative estimate of drug-likeness (QED) is 0.650. The number of aromatic hydroxyl groups is 1. The van der Waals surface area contributed by atoms with Crippen molar-refractivity contribution in [1.82, 2.24) is 5.32 Å². The first-order chi connectivity index (χ1) is 8.47. The maximum Gasteiger partial charge on any atom is 0.255 e. The van der Waals surface area contributed by atoms with Gasteiger partial charge in [0, 0.05) is 9.61 Å². The van der Waals surface area contributed by atoms with E-state index in [0.717, 1.165) is 16.4 Å². The molecule has 1 aromatic carbocycles. The molecule has 1 fully saturated rings. The molecular formula is C13H15I2NO2. The Labute approximate surface area is 134 Å². The molecule has 2 unspecified atom stereocenters. The molecule has 98 valence electrons. The molecule has 5 heteroatoms. The van der Waals surface area contributed by atoms with Crippen LogP contribution in [-0.2, 0) is 0 Å². The molecule has 0 aromatic heterocycles. The van der Waals surface area contributed by atoms with Gasteiger partial charge in [-0.1, -0.05) is 6.92 Å². The van der Waals surface area contributed by atoms with E-state index in [9.17, 15) is 9.90 Å². The van der Waals surface area contributed by atoms with Gasteiger partial charge in [-0.2, -0.15) is 0 Å². The minimum atomic E-state index is -0.164. The molecule has 0 bridgehead atoms. The summed E-state index contributed by atoms with van der Waals surface area (Å²) in [6.07, 6.45) is 3.24. The van der Waals surface area contributed by atoms with Gasteiger partial charge in [0.25, 0.3) is 5.91 Å². The molecule has 0 heterocycles. The minimum Gasteiger partial charge on any atom is -0.506 e. The van der Waals surface area contributed by atoms with Crippen LogP contribution in [0, 0.1) is 13.1 Å². The average Bonchev–Trinajstić information content (AvgIpc) is 2.69. The lowest BCUT2D eigenvalue weighted by molar-refractivity contribution is 0.0934. The van der Waals surface area contributed by atoms with E-state index in [2.05, 4.69) is 34.8 Å². The third kappa shape index (κ3) is 3.28. The van der Waals surface area contributed by atoms with Crippen molar-refractivity contribution < 1.29 is 9.90 Å². The molecule has 1 amide bonds. The minimum absolute atomic E-state index is 0.0829. The number of hydrogen-bond acceptors (Lipinski definition) is 2. The molecule has 1 saturated carbocycles. The van der Waals surface area contributed by atoms with E-state index >= 15 is 0 Å². The molecule has 3 nitrogen and oxygen atoms in total. The van der Waals surface area contributed by atoms with Crippen LogP contribution in [0.15, 0.2) is 12.1 Å². The van der Waals surface area contributed by atoms with Gasteiger partial charge < -0.3 is 10.4 Å². The summed E-state index contributed by atoms with van der Waals surface area (Å²) in [5, 5.41) is 13.0. The normalized spacial score (nSPS) is 23.1. The van der Waals surface area contributed by atoms with Crippen LogP contribution in [0.2, 0.25) is 0 Å². The van der Waals surface area contributed by atoms with Gasteiger partial charge in [-0.05, 0) is 82.5 Å². The summed E-state index contributed by atoms with van der Waals surface area (Å²) in [6, 6.07) is 3.83. The SMILES string of the molecule is CC1CCC(NC(=O)c2cc(I)cc(I)c2O)C1. The number of carbonyl (C=O) groups is 1. The van der Waals surface area contributed by atoms with Crippen LogP contribution >= 0.6 is 45.2 Å². The van der Waals surface area contributed by atoms with Gasteiger partial charge in [0.05, 0.1) is 9.13 Å². The van der Waals surface area contributed by atoms with Crippen LogP contribution in [0.1, 0.15) is 36.5 Å². The summed E-state index contributed by atoms with van der Waals surface area (Å²) in [5.74, 6) is 0.600. The second-order valence-corrected chi connectivity index (χ2v) is 7.28. The number of hydrogen-bond donors (Lipinski definition) is 2. The molecular weight excluding hydrogens is 456 g/mol. The molecule has 18 heavy (non-hydrogen) atoms. The molecule has 1 aliphatic carbocycles. The summed E-state index contributed by atoms with van der Waals surface area (Å²) in [4.78, 5) is 12.2. The van der Waals surface area contributed by atoms with Crippen molar-refractivity contribution in [2.75, 3.05) is 0 Å². The van der Waals surface area contributed by atoms with Gasteiger partial charge in [0.15, 0.2) is 0 Å². The van der Waals surface area contributed by atoms with E-state index in [1.807, 2.05) is 28.7 Å². The van der Waals surface area contributed by atoms with E-state index in [1.54, 1.807) is 6.07 Å². The highest BCUT2D eigenvalue weighted by Crippen LogP contribution is 2.28. The van der Waals surface area contributed by atoms with Crippen molar-refractivity contribution in [3.63, 3.8) is 0 Å². The van der Waals surface area contributed by atoms with Crippen molar-refractivity contribution in [2.45, 2.75) is 32.2 Å². The zero-order chi connectivity index (χ0) is 13.3. The van der Waals surface area contributed by atoms with Gasteiger partial charge >= 0.3 is 0 Å². The van der Waals surface area contributed by atoms with Crippen LogP contribution < -0.4 is 5.32 Å². The van der Waals surface area contributed by atoms with Crippen LogP contribution in [-0.4, -0.2) is 17.1 Å². The molecule has 0 spiro atoms. The van der Waals surface area contributed by atoms with E-state index < -0.39 is 0 Å². The van der Waals surface area contributed by atoms with E-state index in [0.29, 0.717) is 15.1 Å². The third-order valence-electron chi connectivity index (χ3n) is 3.30. The third-order valence-corrected chi connectivity index (χ3v) is 4.75. The highest BCUT2D eigenvalue weighted by molar-refractivity contribution is 14.1. The first-order valence-electron chi connectivity index (χ1n) is 5.96. The van der Waals surface area contributed by atoms with Crippen molar-refractivity contribution in [3.05, 3.63) is 24.8 Å². The fraction of sp³-hybridized carbons (Fsp3) is 0.462. The van der Waals surface area contributed by atoms with E-state index in [4.69, 9.17) is 0 Å². The van der Waals surface area contributed by atoms with E-state index in [-0.39, 0.29) is 17.7 Å². The smallest absolute Gasteiger partial charge is 0.255 e. The maximum atomic E-state index is 12.2. The van der Waals surface area contributed by atoms with E-state index in [1.165, 1.54) is 6.42 Å². The Kier molecular flexibility index (Phi) is 4.74. The maximum absolute atomic E-state index is 12.2. The zero-order valence-electron chi connectivity index (χ0n) is 10.0.